The van der Waals surface area contributed by atoms with Crippen molar-refractivity contribution in [3.05, 3.63) is 82.4 Å². The molecule has 0 aliphatic carbocycles. The van der Waals surface area contributed by atoms with Crippen molar-refractivity contribution >= 4 is 38.9 Å². The minimum Gasteiger partial charge on any atom is -0.497 e. The quantitative estimate of drug-likeness (QED) is 0.559. The molecule has 0 bridgehead atoms. The second-order valence-electron chi connectivity index (χ2n) is 6.72. The van der Waals surface area contributed by atoms with Gasteiger partial charge in [0.1, 0.15) is 5.75 Å². The van der Waals surface area contributed by atoms with E-state index in [4.69, 9.17) is 16.3 Å². The number of nitrogens with one attached hydrogen (secondary N) is 2. The number of amides is 1. The summed E-state index contributed by atoms with van der Waals surface area (Å²) in [6, 6.07) is 16.1. The molecule has 30 heavy (non-hydrogen) atoms. The molecule has 3 rings (SSSR count). The monoisotopic (exact) mass is 444 g/mol. The van der Waals surface area contributed by atoms with E-state index < -0.39 is 10.0 Å². The standard InChI is InChI=1S/C22H21ClN2O4S/c1-14-4-6-17(23)13-21(14)24-22(26)16-5-11-20(15(2)12-16)25-30(27,28)19-9-7-18(29-3)8-10-19/h4-13,25H,1-3H3,(H,24,26). The van der Waals surface area contributed by atoms with Gasteiger partial charge in [-0.05, 0) is 79.6 Å². The Balaban J connectivity index is 1.79. The average Bonchev–Trinajstić information content (AvgIpc) is 2.72. The van der Waals surface area contributed by atoms with Gasteiger partial charge in [-0.15, -0.1) is 0 Å². The number of rotatable bonds is 6. The smallest absolute Gasteiger partial charge is 0.261 e. The third kappa shape index (κ3) is 4.93. The fourth-order valence-electron chi connectivity index (χ4n) is 2.80. The van der Waals surface area contributed by atoms with Crippen LogP contribution >= 0.6 is 11.6 Å². The largest absolute Gasteiger partial charge is 0.497 e. The van der Waals surface area contributed by atoms with Crippen LogP contribution in [0, 0.1) is 13.8 Å². The molecule has 0 radical (unpaired) electrons. The maximum Gasteiger partial charge on any atom is 0.261 e. The summed E-state index contributed by atoms with van der Waals surface area (Å²) in [5, 5.41) is 3.35. The third-order valence-electron chi connectivity index (χ3n) is 4.55. The first kappa shape index (κ1) is 21.7. The number of carbonyl (C=O) groups is 1. The molecule has 2 N–H and O–H groups in total. The Hall–Kier alpha value is -3.03. The first-order valence-corrected chi connectivity index (χ1v) is 10.9. The molecule has 156 valence electrons. The van der Waals surface area contributed by atoms with Crippen LogP contribution in [0.2, 0.25) is 5.02 Å². The van der Waals surface area contributed by atoms with E-state index in [0.717, 1.165) is 5.56 Å². The van der Waals surface area contributed by atoms with Gasteiger partial charge in [0.2, 0.25) is 0 Å². The molecule has 0 unspecified atom stereocenters. The van der Waals surface area contributed by atoms with Crippen molar-refractivity contribution in [2.45, 2.75) is 18.7 Å². The zero-order valence-corrected chi connectivity index (χ0v) is 18.3. The van der Waals surface area contributed by atoms with Crippen LogP contribution in [0.4, 0.5) is 11.4 Å². The van der Waals surface area contributed by atoms with Crippen molar-refractivity contribution < 1.29 is 17.9 Å². The first-order valence-electron chi connectivity index (χ1n) is 9.04. The molecular formula is C22H21ClN2O4S. The summed E-state index contributed by atoms with van der Waals surface area (Å²) < 4.78 is 32.9. The Morgan fingerprint density at radius 2 is 1.60 bits per heavy atom. The lowest BCUT2D eigenvalue weighted by Crippen LogP contribution is -2.15. The van der Waals surface area contributed by atoms with Gasteiger partial charge in [0, 0.05) is 16.3 Å². The van der Waals surface area contributed by atoms with Gasteiger partial charge in [-0.3, -0.25) is 9.52 Å². The summed E-state index contributed by atoms with van der Waals surface area (Å²) >= 11 is 6.00. The number of aryl methyl sites for hydroxylation is 2. The molecule has 8 heteroatoms. The highest BCUT2D eigenvalue weighted by Gasteiger charge is 2.17. The van der Waals surface area contributed by atoms with E-state index in [1.807, 2.05) is 13.0 Å². The van der Waals surface area contributed by atoms with Crippen molar-refractivity contribution in [1.82, 2.24) is 0 Å². The van der Waals surface area contributed by atoms with Crippen LogP contribution in [0.5, 0.6) is 5.75 Å². The molecule has 0 saturated heterocycles. The van der Waals surface area contributed by atoms with Gasteiger partial charge in [0.15, 0.2) is 0 Å². The first-order chi connectivity index (χ1) is 14.2. The van der Waals surface area contributed by atoms with E-state index in [0.29, 0.717) is 33.3 Å². The molecule has 6 nitrogen and oxygen atoms in total. The van der Waals surface area contributed by atoms with Crippen molar-refractivity contribution in [3.8, 4) is 5.75 Å². The molecule has 0 atom stereocenters. The molecule has 0 heterocycles. The van der Waals surface area contributed by atoms with Crippen LogP contribution in [0.1, 0.15) is 21.5 Å². The molecular weight excluding hydrogens is 424 g/mol. The molecule has 3 aromatic rings. The van der Waals surface area contributed by atoms with Crippen LogP contribution in [0.15, 0.2) is 65.6 Å². The van der Waals surface area contributed by atoms with Crippen molar-refractivity contribution in [2.75, 3.05) is 17.1 Å². The SMILES string of the molecule is COc1ccc(S(=O)(=O)Nc2ccc(C(=O)Nc3cc(Cl)ccc3C)cc2C)cc1. The second-order valence-corrected chi connectivity index (χ2v) is 8.84. The average molecular weight is 445 g/mol. The van der Waals surface area contributed by atoms with Crippen LogP contribution in [0.3, 0.4) is 0 Å². The number of carbonyl (C=O) groups excluding carboxylic acids is 1. The number of ether oxygens (including phenoxy) is 1. The number of anilines is 2. The number of benzene rings is 3. The number of halogens is 1. The highest BCUT2D eigenvalue weighted by molar-refractivity contribution is 7.92. The molecule has 0 aliphatic rings. The van der Waals surface area contributed by atoms with E-state index in [1.54, 1.807) is 49.4 Å². The van der Waals surface area contributed by atoms with Gasteiger partial charge in [0.05, 0.1) is 17.7 Å². The predicted octanol–water partition coefficient (Wildman–Crippen LogP) is 5.02. The van der Waals surface area contributed by atoms with E-state index in [2.05, 4.69) is 10.0 Å². The molecule has 3 aromatic carbocycles. The molecule has 0 saturated carbocycles. The Bertz CT molecular complexity index is 1190. The fraction of sp³-hybridized carbons (Fsp3) is 0.136. The maximum absolute atomic E-state index is 12.6. The summed E-state index contributed by atoms with van der Waals surface area (Å²) in [6.07, 6.45) is 0. The predicted molar refractivity (Wildman–Crippen MR) is 119 cm³/mol. The van der Waals surface area contributed by atoms with Gasteiger partial charge in [-0.2, -0.15) is 0 Å². The van der Waals surface area contributed by atoms with E-state index in [9.17, 15) is 13.2 Å². The lowest BCUT2D eigenvalue weighted by Gasteiger charge is -2.13. The highest BCUT2D eigenvalue weighted by Crippen LogP contribution is 2.24. The van der Waals surface area contributed by atoms with Gasteiger partial charge >= 0.3 is 0 Å². The molecule has 0 fully saturated rings. The minimum atomic E-state index is -3.77. The maximum atomic E-state index is 12.6. The van der Waals surface area contributed by atoms with E-state index >= 15 is 0 Å². The van der Waals surface area contributed by atoms with Crippen LogP contribution in [-0.4, -0.2) is 21.4 Å². The fourth-order valence-corrected chi connectivity index (χ4v) is 4.10. The number of hydrogen-bond acceptors (Lipinski definition) is 4. The Kier molecular flexibility index (Phi) is 6.34. The van der Waals surface area contributed by atoms with Gasteiger partial charge in [-0.25, -0.2) is 8.42 Å². The highest BCUT2D eigenvalue weighted by atomic mass is 35.5. The zero-order valence-electron chi connectivity index (χ0n) is 16.7. The molecule has 0 aliphatic heterocycles. The van der Waals surface area contributed by atoms with E-state index in [-0.39, 0.29) is 10.8 Å². The van der Waals surface area contributed by atoms with Gasteiger partial charge < -0.3 is 10.1 Å². The Morgan fingerprint density at radius 3 is 2.23 bits per heavy atom. The number of hydrogen-bond donors (Lipinski definition) is 2. The summed E-state index contributed by atoms with van der Waals surface area (Å²) in [6.45, 7) is 3.60. The lowest BCUT2D eigenvalue weighted by molar-refractivity contribution is 0.102. The topological polar surface area (TPSA) is 84.5 Å². The summed E-state index contributed by atoms with van der Waals surface area (Å²) in [4.78, 5) is 12.7. The summed E-state index contributed by atoms with van der Waals surface area (Å²) in [5.41, 5.74) is 2.91. The third-order valence-corrected chi connectivity index (χ3v) is 6.17. The van der Waals surface area contributed by atoms with Gasteiger partial charge in [-0.1, -0.05) is 17.7 Å². The summed E-state index contributed by atoms with van der Waals surface area (Å²) in [7, 11) is -2.26. The number of sulfonamides is 1. The van der Waals surface area contributed by atoms with Crippen LogP contribution in [0.25, 0.3) is 0 Å². The minimum absolute atomic E-state index is 0.112. The van der Waals surface area contributed by atoms with Crippen molar-refractivity contribution in [2.24, 2.45) is 0 Å². The normalized spacial score (nSPS) is 11.1. The molecule has 0 aromatic heterocycles. The number of methoxy groups -OCH3 is 1. The Morgan fingerprint density at radius 1 is 0.900 bits per heavy atom. The van der Waals surface area contributed by atoms with E-state index in [1.165, 1.54) is 19.2 Å². The zero-order chi connectivity index (χ0) is 21.9. The van der Waals surface area contributed by atoms with Crippen LogP contribution in [-0.2, 0) is 10.0 Å². The van der Waals surface area contributed by atoms with Crippen molar-refractivity contribution in [3.63, 3.8) is 0 Å². The summed E-state index contributed by atoms with van der Waals surface area (Å²) in [5.74, 6) is 0.253. The Labute approximate surface area is 180 Å². The van der Waals surface area contributed by atoms with Crippen LogP contribution < -0.4 is 14.8 Å². The lowest BCUT2D eigenvalue weighted by atomic mass is 10.1. The van der Waals surface area contributed by atoms with Gasteiger partial charge in [0.25, 0.3) is 15.9 Å². The second kappa shape index (κ2) is 8.77. The molecule has 1 amide bonds. The molecule has 0 spiro atoms. The van der Waals surface area contributed by atoms with Crippen molar-refractivity contribution in [1.29, 1.82) is 0 Å².